The van der Waals surface area contributed by atoms with Gasteiger partial charge in [-0.2, -0.15) is 0 Å². The molecule has 0 aromatic heterocycles. The van der Waals surface area contributed by atoms with Gasteiger partial charge in [0.25, 0.3) is 0 Å². The lowest BCUT2D eigenvalue weighted by Crippen LogP contribution is -2.18. The largest absolute Gasteiger partial charge is 0.490 e. The summed E-state index contributed by atoms with van der Waals surface area (Å²) >= 11 is 3.37. The summed E-state index contributed by atoms with van der Waals surface area (Å²) in [5, 5.41) is 8.71. The third kappa shape index (κ3) is 4.35. The quantitative estimate of drug-likeness (QED) is 0.833. The van der Waals surface area contributed by atoms with Gasteiger partial charge in [-0.3, -0.25) is 0 Å². The Morgan fingerprint density at radius 2 is 2.35 bits per heavy atom. The van der Waals surface area contributed by atoms with E-state index in [1.165, 1.54) is 6.08 Å². The molecule has 0 spiro atoms. The van der Waals surface area contributed by atoms with Crippen LogP contribution in [0.3, 0.4) is 0 Å². The smallest absolute Gasteiger partial charge is 0.328 e. The number of rotatable bonds is 5. The van der Waals surface area contributed by atoms with Gasteiger partial charge in [0, 0.05) is 16.1 Å². The molecule has 2 atom stereocenters. The molecule has 1 saturated heterocycles. The fourth-order valence-electron chi connectivity index (χ4n) is 2.13. The normalized spacial score (nSPS) is 22.3. The van der Waals surface area contributed by atoms with Crippen LogP contribution in [0.25, 0.3) is 6.08 Å². The van der Waals surface area contributed by atoms with E-state index in [4.69, 9.17) is 14.6 Å². The van der Waals surface area contributed by atoms with Gasteiger partial charge in [-0.25, -0.2) is 4.79 Å². The molecular formula is C15H17BrO4. The number of halogens is 1. The van der Waals surface area contributed by atoms with Crippen LogP contribution in [0.2, 0.25) is 0 Å². The number of carboxylic acids is 1. The Balaban J connectivity index is 2.04. The van der Waals surface area contributed by atoms with Gasteiger partial charge in [0.05, 0.1) is 12.2 Å². The maximum atomic E-state index is 10.6. The molecule has 0 radical (unpaired) electrons. The number of ether oxygens (including phenoxy) is 2. The molecule has 5 heteroatoms. The predicted octanol–water partition coefficient (Wildman–Crippen LogP) is 3.49. The van der Waals surface area contributed by atoms with Gasteiger partial charge in [0.15, 0.2) is 0 Å². The minimum Gasteiger partial charge on any atom is -0.490 e. The van der Waals surface area contributed by atoms with E-state index in [9.17, 15) is 4.79 Å². The van der Waals surface area contributed by atoms with E-state index in [2.05, 4.69) is 22.9 Å². The molecule has 1 aliphatic rings. The van der Waals surface area contributed by atoms with Gasteiger partial charge in [-0.15, -0.1) is 0 Å². The Morgan fingerprint density at radius 1 is 1.55 bits per heavy atom. The first kappa shape index (κ1) is 15.1. The van der Waals surface area contributed by atoms with Crippen molar-refractivity contribution in [1.82, 2.24) is 0 Å². The number of carbonyl (C=O) groups is 1. The highest BCUT2D eigenvalue weighted by Crippen LogP contribution is 2.26. The molecule has 2 rings (SSSR count). The molecule has 108 valence electrons. The molecule has 2 unspecified atom stereocenters. The first-order valence-electron chi connectivity index (χ1n) is 6.53. The Labute approximate surface area is 126 Å². The molecule has 1 N–H and O–H groups in total. The summed E-state index contributed by atoms with van der Waals surface area (Å²) in [4.78, 5) is 10.6. The first-order chi connectivity index (χ1) is 9.54. The molecule has 1 heterocycles. The number of hydrogen-bond donors (Lipinski definition) is 1. The highest BCUT2D eigenvalue weighted by atomic mass is 79.9. The van der Waals surface area contributed by atoms with Crippen molar-refractivity contribution in [3.05, 3.63) is 34.3 Å². The zero-order valence-corrected chi connectivity index (χ0v) is 12.8. The highest BCUT2D eigenvalue weighted by molar-refractivity contribution is 9.10. The van der Waals surface area contributed by atoms with Crippen LogP contribution in [0, 0.1) is 0 Å². The Kier molecular flexibility index (Phi) is 5.20. The average Bonchev–Trinajstić information content (AvgIpc) is 2.81. The van der Waals surface area contributed by atoms with E-state index in [1.807, 2.05) is 18.2 Å². The Morgan fingerprint density at radius 3 is 3.00 bits per heavy atom. The summed E-state index contributed by atoms with van der Waals surface area (Å²) in [5.41, 5.74) is 0.729. The molecule has 0 saturated carbocycles. The molecule has 1 aromatic rings. The molecule has 0 amide bonds. The standard InChI is InChI=1S/C15H17BrO4/c1-10-2-5-13(20-10)9-19-14-6-4-12(16)8-11(14)3-7-15(17)18/h3-4,6-8,10,13H,2,5,9H2,1H3,(H,17,18)/b7-3+. The van der Waals surface area contributed by atoms with Crippen LogP contribution in [0.4, 0.5) is 0 Å². The average molecular weight is 341 g/mol. The second-order valence-electron chi connectivity index (χ2n) is 4.81. The number of aliphatic carboxylic acids is 1. The Bertz CT molecular complexity index is 513. The predicted molar refractivity (Wildman–Crippen MR) is 79.9 cm³/mol. The minimum atomic E-state index is -0.983. The first-order valence-corrected chi connectivity index (χ1v) is 7.32. The fraction of sp³-hybridized carbons (Fsp3) is 0.400. The van der Waals surface area contributed by atoms with E-state index in [1.54, 1.807) is 0 Å². The van der Waals surface area contributed by atoms with Crippen LogP contribution in [0.15, 0.2) is 28.7 Å². The van der Waals surface area contributed by atoms with E-state index in [-0.39, 0.29) is 6.10 Å². The van der Waals surface area contributed by atoms with Gasteiger partial charge < -0.3 is 14.6 Å². The van der Waals surface area contributed by atoms with Crippen LogP contribution in [-0.2, 0) is 9.53 Å². The number of benzene rings is 1. The fourth-order valence-corrected chi connectivity index (χ4v) is 2.51. The van der Waals surface area contributed by atoms with Crippen LogP contribution in [-0.4, -0.2) is 29.9 Å². The molecule has 1 fully saturated rings. The third-order valence-electron chi connectivity index (χ3n) is 3.12. The molecular weight excluding hydrogens is 324 g/mol. The summed E-state index contributed by atoms with van der Waals surface area (Å²) in [6.07, 6.45) is 5.09. The maximum absolute atomic E-state index is 10.6. The molecule has 0 aliphatic carbocycles. The van der Waals surface area contributed by atoms with Crippen molar-refractivity contribution >= 4 is 28.0 Å². The van der Waals surface area contributed by atoms with E-state index in [0.717, 1.165) is 29.0 Å². The van der Waals surface area contributed by atoms with Crippen LogP contribution in [0.1, 0.15) is 25.3 Å². The van der Waals surface area contributed by atoms with Gasteiger partial charge >= 0.3 is 5.97 Å². The third-order valence-corrected chi connectivity index (χ3v) is 3.62. The molecule has 4 nitrogen and oxygen atoms in total. The lowest BCUT2D eigenvalue weighted by molar-refractivity contribution is -0.131. The van der Waals surface area contributed by atoms with Crippen LogP contribution < -0.4 is 4.74 Å². The second kappa shape index (κ2) is 6.90. The maximum Gasteiger partial charge on any atom is 0.328 e. The monoisotopic (exact) mass is 340 g/mol. The minimum absolute atomic E-state index is 0.116. The number of hydrogen-bond acceptors (Lipinski definition) is 3. The van der Waals surface area contributed by atoms with Crippen molar-refractivity contribution in [1.29, 1.82) is 0 Å². The molecule has 1 aromatic carbocycles. The van der Waals surface area contributed by atoms with Crippen LogP contribution in [0.5, 0.6) is 5.75 Å². The van der Waals surface area contributed by atoms with E-state index >= 15 is 0 Å². The zero-order chi connectivity index (χ0) is 14.5. The van der Waals surface area contributed by atoms with Crippen molar-refractivity contribution in [2.45, 2.75) is 32.0 Å². The van der Waals surface area contributed by atoms with Gasteiger partial charge in [0.1, 0.15) is 12.4 Å². The van der Waals surface area contributed by atoms with Crippen LogP contribution >= 0.6 is 15.9 Å². The van der Waals surface area contributed by atoms with Gasteiger partial charge in [0.2, 0.25) is 0 Å². The number of carboxylic acid groups (broad SMARTS) is 1. The van der Waals surface area contributed by atoms with Gasteiger partial charge in [-0.05, 0) is 44.0 Å². The van der Waals surface area contributed by atoms with Crippen molar-refractivity contribution < 1.29 is 19.4 Å². The van der Waals surface area contributed by atoms with E-state index < -0.39 is 5.97 Å². The molecule has 1 aliphatic heterocycles. The summed E-state index contributed by atoms with van der Waals surface area (Å²) in [7, 11) is 0. The van der Waals surface area contributed by atoms with Gasteiger partial charge in [-0.1, -0.05) is 15.9 Å². The summed E-state index contributed by atoms with van der Waals surface area (Å²) < 4.78 is 12.3. The topological polar surface area (TPSA) is 55.8 Å². The second-order valence-corrected chi connectivity index (χ2v) is 5.73. The molecule has 0 bridgehead atoms. The summed E-state index contributed by atoms with van der Waals surface area (Å²) in [6, 6.07) is 5.52. The van der Waals surface area contributed by atoms with Crippen molar-refractivity contribution in [3.8, 4) is 5.75 Å². The van der Waals surface area contributed by atoms with Crippen molar-refractivity contribution in [2.24, 2.45) is 0 Å². The molecule has 20 heavy (non-hydrogen) atoms. The van der Waals surface area contributed by atoms with E-state index in [0.29, 0.717) is 18.5 Å². The zero-order valence-electron chi connectivity index (χ0n) is 11.2. The van der Waals surface area contributed by atoms with Crippen molar-refractivity contribution in [3.63, 3.8) is 0 Å². The lowest BCUT2D eigenvalue weighted by Gasteiger charge is -2.14. The Hall–Kier alpha value is -1.33. The summed E-state index contributed by atoms with van der Waals surface area (Å²) in [6.45, 7) is 2.54. The van der Waals surface area contributed by atoms with Crippen molar-refractivity contribution in [2.75, 3.05) is 6.61 Å². The highest BCUT2D eigenvalue weighted by Gasteiger charge is 2.22. The SMILES string of the molecule is CC1CCC(COc2ccc(Br)cc2/C=C/C(=O)O)O1. The lowest BCUT2D eigenvalue weighted by atomic mass is 10.2. The summed E-state index contributed by atoms with van der Waals surface area (Å²) in [5.74, 6) is -0.322.